The Morgan fingerprint density at radius 3 is 2.25 bits per heavy atom. The first-order valence-corrected chi connectivity index (χ1v) is 7.62. The van der Waals surface area contributed by atoms with Gasteiger partial charge >= 0.3 is 0 Å². The van der Waals surface area contributed by atoms with Crippen LogP contribution in [-0.4, -0.2) is 4.98 Å². The van der Waals surface area contributed by atoms with Crippen LogP contribution in [0.3, 0.4) is 0 Å². The van der Waals surface area contributed by atoms with E-state index < -0.39 is 0 Å². The van der Waals surface area contributed by atoms with Gasteiger partial charge in [-0.15, -0.1) is 0 Å². The second-order valence-electron chi connectivity index (χ2n) is 6.07. The Morgan fingerprint density at radius 1 is 1.05 bits per heavy atom. The SMILES string of the molecule is Cc1nc(Br)ccc1NCc1ccc(C(C)(C)C)cc1. The van der Waals surface area contributed by atoms with E-state index in [9.17, 15) is 0 Å². The summed E-state index contributed by atoms with van der Waals surface area (Å²) in [5, 5.41) is 3.43. The van der Waals surface area contributed by atoms with Gasteiger partial charge in [0.05, 0.1) is 11.4 Å². The molecule has 1 N–H and O–H groups in total. The Hall–Kier alpha value is -1.35. The van der Waals surface area contributed by atoms with E-state index in [-0.39, 0.29) is 5.41 Å². The molecule has 0 atom stereocenters. The zero-order valence-corrected chi connectivity index (χ0v) is 14.1. The largest absolute Gasteiger partial charge is 0.380 e. The molecule has 0 aliphatic heterocycles. The lowest BCUT2D eigenvalue weighted by molar-refractivity contribution is 0.590. The second-order valence-corrected chi connectivity index (χ2v) is 6.88. The number of nitrogens with zero attached hydrogens (tertiary/aromatic N) is 1. The van der Waals surface area contributed by atoms with Crippen molar-refractivity contribution in [2.75, 3.05) is 5.32 Å². The fourth-order valence-corrected chi connectivity index (χ4v) is 2.44. The van der Waals surface area contributed by atoms with E-state index in [1.807, 2.05) is 13.0 Å². The van der Waals surface area contributed by atoms with Crippen LogP contribution < -0.4 is 5.32 Å². The van der Waals surface area contributed by atoms with Crippen LogP contribution in [0, 0.1) is 6.92 Å². The van der Waals surface area contributed by atoms with Gasteiger partial charge in [-0.05, 0) is 51.5 Å². The fourth-order valence-electron chi connectivity index (χ4n) is 2.04. The van der Waals surface area contributed by atoms with Crippen LogP contribution in [0.4, 0.5) is 5.69 Å². The van der Waals surface area contributed by atoms with Crippen molar-refractivity contribution in [3.05, 3.63) is 57.8 Å². The summed E-state index contributed by atoms with van der Waals surface area (Å²) in [4.78, 5) is 4.39. The summed E-state index contributed by atoms with van der Waals surface area (Å²) in [6.07, 6.45) is 0. The molecule has 106 valence electrons. The van der Waals surface area contributed by atoms with Gasteiger partial charge in [-0.2, -0.15) is 0 Å². The minimum absolute atomic E-state index is 0.207. The fraction of sp³-hybridized carbons (Fsp3) is 0.353. The number of hydrogen-bond donors (Lipinski definition) is 1. The Morgan fingerprint density at radius 2 is 1.70 bits per heavy atom. The molecule has 1 aromatic carbocycles. The van der Waals surface area contributed by atoms with Crippen molar-refractivity contribution in [3.8, 4) is 0 Å². The molecule has 0 bridgehead atoms. The first-order valence-electron chi connectivity index (χ1n) is 6.83. The van der Waals surface area contributed by atoms with Gasteiger partial charge < -0.3 is 5.32 Å². The van der Waals surface area contributed by atoms with Crippen LogP contribution in [0.5, 0.6) is 0 Å². The number of anilines is 1. The Bertz CT molecular complexity index is 583. The summed E-state index contributed by atoms with van der Waals surface area (Å²) in [5.41, 5.74) is 4.93. The van der Waals surface area contributed by atoms with Crippen molar-refractivity contribution in [1.82, 2.24) is 4.98 Å². The molecule has 0 amide bonds. The summed E-state index contributed by atoms with van der Waals surface area (Å²) < 4.78 is 0.870. The van der Waals surface area contributed by atoms with E-state index in [0.29, 0.717) is 0 Å². The van der Waals surface area contributed by atoms with Crippen molar-refractivity contribution in [3.63, 3.8) is 0 Å². The highest BCUT2D eigenvalue weighted by Crippen LogP contribution is 2.23. The predicted molar refractivity (Wildman–Crippen MR) is 89.1 cm³/mol. The van der Waals surface area contributed by atoms with Crippen LogP contribution in [0.15, 0.2) is 41.0 Å². The maximum Gasteiger partial charge on any atom is 0.106 e. The van der Waals surface area contributed by atoms with Gasteiger partial charge in [0, 0.05) is 6.54 Å². The molecule has 3 heteroatoms. The molecule has 2 aromatic rings. The third-order valence-electron chi connectivity index (χ3n) is 3.35. The summed E-state index contributed by atoms with van der Waals surface area (Å²) in [5.74, 6) is 0. The molecule has 1 heterocycles. The van der Waals surface area contributed by atoms with Crippen molar-refractivity contribution >= 4 is 21.6 Å². The molecule has 0 saturated carbocycles. The van der Waals surface area contributed by atoms with Gasteiger partial charge in [0.2, 0.25) is 0 Å². The Labute approximate surface area is 129 Å². The molecule has 0 spiro atoms. The summed E-state index contributed by atoms with van der Waals surface area (Å²) >= 11 is 3.38. The zero-order chi connectivity index (χ0) is 14.8. The molecule has 0 saturated heterocycles. The number of benzene rings is 1. The maximum atomic E-state index is 4.39. The lowest BCUT2D eigenvalue weighted by atomic mass is 9.87. The summed E-state index contributed by atoms with van der Waals surface area (Å²) in [6, 6.07) is 12.8. The van der Waals surface area contributed by atoms with Gasteiger partial charge in [-0.1, -0.05) is 45.0 Å². The van der Waals surface area contributed by atoms with E-state index in [2.05, 4.69) is 77.3 Å². The van der Waals surface area contributed by atoms with Crippen molar-refractivity contribution in [2.45, 2.75) is 39.7 Å². The maximum absolute atomic E-state index is 4.39. The van der Waals surface area contributed by atoms with E-state index in [1.54, 1.807) is 0 Å². The van der Waals surface area contributed by atoms with Crippen molar-refractivity contribution < 1.29 is 0 Å². The number of pyridine rings is 1. The predicted octanol–water partition coefficient (Wildman–Crippen LogP) is 5.06. The molecular weight excluding hydrogens is 312 g/mol. The molecular formula is C17H21BrN2. The molecule has 2 nitrogen and oxygen atoms in total. The number of rotatable bonds is 3. The topological polar surface area (TPSA) is 24.9 Å². The van der Waals surface area contributed by atoms with Gasteiger partial charge in [0.15, 0.2) is 0 Å². The van der Waals surface area contributed by atoms with Crippen LogP contribution in [0.2, 0.25) is 0 Å². The highest BCUT2D eigenvalue weighted by Gasteiger charge is 2.12. The van der Waals surface area contributed by atoms with Gasteiger partial charge in [-0.25, -0.2) is 4.98 Å². The van der Waals surface area contributed by atoms with Crippen molar-refractivity contribution in [2.24, 2.45) is 0 Å². The Kier molecular flexibility index (Phi) is 4.48. The standard InChI is InChI=1S/C17H21BrN2/c1-12-15(9-10-16(18)20-12)19-11-13-5-7-14(8-6-13)17(2,3)4/h5-10,19H,11H2,1-4H3. The van der Waals surface area contributed by atoms with E-state index in [1.165, 1.54) is 11.1 Å². The number of halogens is 1. The number of hydrogen-bond acceptors (Lipinski definition) is 2. The summed E-state index contributed by atoms with van der Waals surface area (Å²) in [7, 11) is 0. The Balaban J connectivity index is 2.04. The normalized spacial score (nSPS) is 11.4. The van der Waals surface area contributed by atoms with Gasteiger partial charge in [-0.3, -0.25) is 0 Å². The second kappa shape index (κ2) is 5.96. The minimum atomic E-state index is 0.207. The smallest absolute Gasteiger partial charge is 0.106 e. The molecule has 20 heavy (non-hydrogen) atoms. The van der Waals surface area contributed by atoms with Gasteiger partial charge in [0.25, 0.3) is 0 Å². The lowest BCUT2D eigenvalue weighted by Crippen LogP contribution is -2.11. The molecule has 0 radical (unpaired) electrons. The average Bonchev–Trinajstić information content (AvgIpc) is 2.37. The van der Waals surface area contributed by atoms with E-state index in [4.69, 9.17) is 0 Å². The van der Waals surface area contributed by atoms with E-state index in [0.717, 1.165) is 22.5 Å². The number of nitrogens with one attached hydrogen (secondary N) is 1. The zero-order valence-electron chi connectivity index (χ0n) is 12.5. The molecule has 0 aliphatic rings. The molecule has 2 rings (SSSR count). The first-order chi connectivity index (χ1) is 9.36. The molecule has 0 unspecified atom stereocenters. The molecule has 1 aromatic heterocycles. The third kappa shape index (κ3) is 3.83. The highest BCUT2D eigenvalue weighted by atomic mass is 79.9. The van der Waals surface area contributed by atoms with Crippen LogP contribution >= 0.6 is 15.9 Å². The van der Waals surface area contributed by atoms with E-state index >= 15 is 0 Å². The number of aromatic nitrogens is 1. The van der Waals surface area contributed by atoms with Crippen LogP contribution in [0.25, 0.3) is 0 Å². The van der Waals surface area contributed by atoms with Crippen molar-refractivity contribution in [1.29, 1.82) is 0 Å². The third-order valence-corrected chi connectivity index (χ3v) is 3.80. The minimum Gasteiger partial charge on any atom is -0.380 e. The highest BCUT2D eigenvalue weighted by molar-refractivity contribution is 9.10. The first kappa shape index (κ1) is 15.0. The van der Waals surface area contributed by atoms with Gasteiger partial charge in [0.1, 0.15) is 4.60 Å². The molecule has 0 aliphatic carbocycles. The quantitative estimate of drug-likeness (QED) is 0.794. The molecule has 0 fully saturated rings. The number of aryl methyl sites for hydroxylation is 1. The average molecular weight is 333 g/mol. The monoisotopic (exact) mass is 332 g/mol. The summed E-state index contributed by atoms with van der Waals surface area (Å²) in [6.45, 7) is 9.52. The lowest BCUT2D eigenvalue weighted by Gasteiger charge is -2.19. The van der Waals surface area contributed by atoms with Crippen LogP contribution in [0.1, 0.15) is 37.6 Å². The van der Waals surface area contributed by atoms with Crippen LogP contribution in [-0.2, 0) is 12.0 Å².